The molecule has 1 aromatic rings. The van der Waals surface area contributed by atoms with E-state index in [4.69, 9.17) is 10.3 Å². The number of aryl methyl sites for hydroxylation is 1. The van der Waals surface area contributed by atoms with E-state index in [0.29, 0.717) is 12.0 Å². The Hall–Kier alpha value is -0.940. The largest absolute Gasteiger partial charge is 0.338 e. The minimum Gasteiger partial charge on any atom is -0.338 e. The Morgan fingerprint density at radius 3 is 3.00 bits per heavy atom. The molecule has 1 fully saturated rings. The maximum absolute atomic E-state index is 5.72. The van der Waals surface area contributed by atoms with Crippen LogP contribution < -0.4 is 5.73 Å². The predicted octanol–water partition coefficient (Wildman–Crippen LogP) is 1.19. The van der Waals surface area contributed by atoms with Crippen molar-refractivity contribution in [3.05, 3.63) is 11.7 Å². The van der Waals surface area contributed by atoms with Gasteiger partial charge in [0.1, 0.15) is 0 Å². The van der Waals surface area contributed by atoms with Gasteiger partial charge >= 0.3 is 0 Å². The van der Waals surface area contributed by atoms with Crippen LogP contribution >= 0.6 is 0 Å². The average Bonchev–Trinajstić information content (AvgIpc) is 2.88. The van der Waals surface area contributed by atoms with Gasteiger partial charge in [0, 0.05) is 19.0 Å². The highest BCUT2D eigenvalue weighted by atomic mass is 16.5. The van der Waals surface area contributed by atoms with Crippen molar-refractivity contribution in [1.82, 2.24) is 15.0 Å². The maximum atomic E-state index is 5.72. The van der Waals surface area contributed by atoms with Crippen molar-refractivity contribution in [2.45, 2.75) is 45.7 Å². The summed E-state index contributed by atoms with van der Waals surface area (Å²) in [4.78, 5) is 6.77. The van der Waals surface area contributed by atoms with Gasteiger partial charge in [0.15, 0.2) is 5.82 Å². The molecule has 1 aromatic heterocycles. The monoisotopic (exact) mass is 238 g/mol. The van der Waals surface area contributed by atoms with E-state index in [0.717, 1.165) is 44.2 Å². The van der Waals surface area contributed by atoms with Crippen LogP contribution in [0.1, 0.15) is 38.4 Å². The topological polar surface area (TPSA) is 68.2 Å². The Labute approximate surface area is 102 Å². The second kappa shape index (κ2) is 5.60. The summed E-state index contributed by atoms with van der Waals surface area (Å²) >= 11 is 0. The third-order valence-electron chi connectivity index (χ3n) is 3.45. The van der Waals surface area contributed by atoms with Crippen molar-refractivity contribution >= 4 is 0 Å². The van der Waals surface area contributed by atoms with E-state index in [9.17, 15) is 0 Å². The number of likely N-dealkylation sites (tertiary alicyclic amines) is 1. The maximum Gasteiger partial charge on any atom is 0.240 e. The Morgan fingerprint density at radius 2 is 2.35 bits per heavy atom. The molecule has 2 rings (SSSR count). The fourth-order valence-electron chi connectivity index (χ4n) is 2.46. The first-order chi connectivity index (χ1) is 8.22. The van der Waals surface area contributed by atoms with E-state index in [-0.39, 0.29) is 0 Å². The van der Waals surface area contributed by atoms with Gasteiger partial charge in [-0.2, -0.15) is 4.98 Å². The van der Waals surface area contributed by atoms with Gasteiger partial charge in [-0.3, -0.25) is 4.90 Å². The van der Waals surface area contributed by atoms with Gasteiger partial charge in [-0.1, -0.05) is 12.1 Å². The number of hydrogen-bond acceptors (Lipinski definition) is 5. The smallest absolute Gasteiger partial charge is 0.240 e. The summed E-state index contributed by atoms with van der Waals surface area (Å²) in [5, 5.41) is 3.97. The van der Waals surface area contributed by atoms with Crippen LogP contribution in [-0.4, -0.2) is 34.2 Å². The second-order valence-corrected chi connectivity index (χ2v) is 4.97. The Morgan fingerprint density at radius 1 is 1.53 bits per heavy atom. The molecule has 2 unspecified atom stereocenters. The molecule has 0 aromatic carbocycles. The van der Waals surface area contributed by atoms with Gasteiger partial charge in [0.2, 0.25) is 5.89 Å². The van der Waals surface area contributed by atoms with E-state index < -0.39 is 0 Å². The molecule has 1 aliphatic heterocycles. The average molecular weight is 238 g/mol. The van der Waals surface area contributed by atoms with Crippen molar-refractivity contribution in [3.8, 4) is 0 Å². The fraction of sp³-hybridized carbons (Fsp3) is 0.833. The summed E-state index contributed by atoms with van der Waals surface area (Å²) in [6, 6.07) is 0.560. The molecule has 0 bridgehead atoms. The van der Waals surface area contributed by atoms with E-state index in [1.165, 1.54) is 6.42 Å². The lowest BCUT2D eigenvalue weighted by atomic mass is 10.1. The molecule has 0 spiro atoms. The Bertz CT molecular complexity index is 352. The van der Waals surface area contributed by atoms with E-state index in [2.05, 4.69) is 28.9 Å². The number of rotatable bonds is 5. The van der Waals surface area contributed by atoms with Gasteiger partial charge in [-0.15, -0.1) is 0 Å². The summed E-state index contributed by atoms with van der Waals surface area (Å²) in [7, 11) is 0. The van der Waals surface area contributed by atoms with Crippen LogP contribution in [0.2, 0.25) is 0 Å². The van der Waals surface area contributed by atoms with Gasteiger partial charge < -0.3 is 10.3 Å². The summed E-state index contributed by atoms with van der Waals surface area (Å²) in [6.45, 7) is 6.92. The van der Waals surface area contributed by atoms with Crippen LogP contribution in [-0.2, 0) is 13.0 Å². The van der Waals surface area contributed by atoms with Gasteiger partial charge in [0.05, 0.1) is 6.54 Å². The van der Waals surface area contributed by atoms with E-state index in [1.807, 2.05) is 0 Å². The van der Waals surface area contributed by atoms with Crippen LogP contribution in [0.5, 0.6) is 0 Å². The van der Waals surface area contributed by atoms with Crippen LogP contribution in [0, 0.1) is 5.92 Å². The number of nitrogens with zero attached hydrogens (tertiary/aromatic N) is 3. The number of nitrogens with two attached hydrogens (primary N) is 1. The molecular weight excluding hydrogens is 216 g/mol. The number of hydrogen-bond donors (Lipinski definition) is 1. The van der Waals surface area contributed by atoms with Crippen LogP contribution in [0.4, 0.5) is 0 Å². The SMILES string of the molecule is CCCc1noc(CN2CC(CN)CC2C)n1. The first-order valence-corrected chi connectivity index (χ1v) is 6.48. The first-order valence-electron chi connectivity index (χ1n) is 6.48. The molecular formula is C12H22N4O. The second-order valence-electron chi connectivity index (χ2n) is 4.97. The van der Waals surface area contributed by atoms with E-state index in [1.54, 1.807) is 0 Å². The summed E-state index contributed by atoms with van der Waals surface area (Å²) < 4.78 is 5.26. The molecule has 0 radical (unpaired) electrons. The molecule has 0 aliphatic carbocycles. The highest BCUT2D eigenvalue weighted by molar-refractivity contribution is 4.90. The van der Waals surface area contributed by atoms with Gasteiger partial charge in [-0.25, -0.2) is 0 Å². The van der Waals surface area contributed by atoms with Crippen LogP contribution in [0.25, 0.3) is 0 Å². The molecule has 96 valence electrons. The van der Waals surface area contributed by atoms with Crippen molar-refractivity contribution < 1.29 is 4.52 Å². The molecule has 1 saturated heterocycles. The molecule has 5 heteroatoms. The highest BCUT2D eigenvalue weighted by Gasteiger charge is 2.29. The third kappa shape index (κ3) is 3.04. The molecule has 17 heavy (non-hydrogen) atoms. The zero-order chi connectivity index (χ0) is 12.3. The van der Waals surface area contributed by atoms with Crippen molar-refractivity contribution in [3.63, 3.8) is 0 Å². The van der Waals surface area contributed by atoms with Crippen LogP contribution in [0.15, 0.2) is 4.52 Å². The lowest BCUT2D eigenvalue weighted by molar-refractivity contribution is 0.218. The summed E-state index contributed by atoms with van der Waals surface area (Å²) in [5.41, 5.74) is 5.72. The zero-order valence-corrected chi connectivity index (χ0v) is 10.7. The Balaban J connectivity index is 1.91. The predicted molar refractivity (Wildman–Crippen MR) is 65.3 cm³/mol. The van der Waals surface area contributed by atoms with Gasteiger partial charge in [0.25, 0.3) is 0 Å². The van der Waals surface area contributed by atoms with Crippen molar-refractivity contribution in [1.29, 1.82) is 0 Å². The quantitative estimate of drug-likeness (QED) is 0.834. The third-order valence-corrected chi connectivity index (χ3v) is 3.45. The normalized spacial score (nSPS) is 25.6. The molecule has 5 nitrogen and oxygen atoms in total. The molecule has 2 atom stereocenters. The molecule has 2 N–H and O–H groups in total. The van der Waals surface area contributed by atoms with E-state index >= 15 is 0 Å². The first kappa shape index (κ1) is 12.5. The Kier molecular flexibility index (Phi) is 4.12. The summed E-state index contributed by atoms with van der Waals surface area (Å²) in [6.07, 6.45) is 3.12. The van der Waals surface area contributed by atoms with Gasteiger partial charge in [-0.05, 0) is 32.2 Å². The highest BCUT2D eigenvalue weighted by Crippen LogP contribution is 2.23. The molecule has 0 amide bonds. The standard InChI is InChI=1S/C12H22N4O/c1-3-4-11-14-12(17-15-11)8-16-7-10(6-13)5-9(16)2/h9-10H,3-8,13H2,1-2H3. The van der Waals surface area contributed by atoms with Crippen molar-refractivity contribution in [2.75, 3.05) is 13.1 Å². The minimum absolute atomic E-state index is 0.560. The van der Waals surface area contributed by atoms with Crippen molar-refractivity contribution in [2.24, 2.45) is 11.7 Å². The molecule has 0 saturated carbocycles. The molecule has 2 heterocycles. The van der Waals surface area contributed by atoms with Crippen LogP contribution in [0.3, 0.4) is 0 Å². The fourth-order valence-corrected chi connectivity index (χ4v) is 2.46. The molecule has 1 aliphatic rings. The number of aromatic nitrogens is 2. The lowest BCUT2D eigenvalue weighted by Gasteiger charge is -2.18. The minimum atomic E-state index is 0.560. The summed E-state index contributed by atoms with van der Waals surface area (Å²) in [5.74, 6) is 2.17. The lowest BCUT2D eigenvalue weighted by Crippen LogP contribution is -2.27. The zero-order valence-electron chi connectivity index (χ0n) is 10.7.